The number of nitrogens with two attached hydrogens (primary N) is 1. The standard InChI is InChI=1S/C23H32N4O2/c1-16-13-26(14-17(2)29-16)11-9-22(28)27-10-5-7-19(15-27)23-20(24)12-18-6-3-4-8-21(18)25-23/h3-4,6,8,12,16-17,19H,5,7,9-11,13-15,24H2,1-2H3/t16-,17-,19+/m1/s1. The molecule has 6 nitrogen and oxygen atoms in total. The molecule has 156 valence electrons. The predicted molar refractivity (Wildman–Crippen MR) is 116 cm³/mol. The first-order chi connectivity index (χ1) is 14.0. The number of piperidine rings is 1. The van der Waals surface area contributed by atoms with Crippen LogP contribution in [0.5, 0.6) is 0 Å². The van der Waals surface area contributed by atoms with Gasteiger partial charge in [-0.1, -0.05) is 18.2 Å². The van der Waals surface area contributed by atoms with Crippen LogP contribution in [0.1, 0.15) is 44.7 Å². The first kappa shape index (κ1) is 20.1. The van der Waals surface area contributed by atoms with Crippen LogP contribution >= 0.6 is 0 Å². The van der Waals surface area contributed by atoms with Crippen LogP contribution in [0.2, 0.25) is 0 Å². The number of para-hydroxylation sites is 1. The van der Waals surface area contributed by atoms with Crippen molar-refractivity contribution < 1.29 is 9.53 Å². The number of nitrogen functional groups attached to an aromatic ring is 1. The Labute approximate surface area is 173 Å². The van der Waals surface area contributed by atoms with E-state index in [1.165, 1.54) is 0 Å². The number of rotatable bonds is 4. The van der Waals surface area contributed by atoms with Crippen molar-refractivity contribution in [2.45, 2.75) is 51.2 Å². The molecule has 4 rings (SSSR count). The van der Waals surface area contributed by atoms with Crippen LogP contribution in [0.15, 0.2) is 30.3 Å². The number of amides is 1. The van der Waals surface area contributed by atoms with Gasteiger partial charge >= 0.3 is 0 Å². The zero-order valence-corrected chi connectivity index (χ0v) is 17.5. The van der Waals surface area contributed by atoms with Crippen molar-refractivity contribution >= 4 is 22.5 Å². The Morgan fingerprint density at radius 2 is 1.97 bits per heavy atom. The molecule has 6 heteroatoms. The molecule has 29 heavy (non-hydrogen) atoms. The van der Waals surface area contributed by atoms with Gasteiger partial charge in [-0.2, -0.15) is 0 Å². The molecule has 0 bridgehead atoms. The third-order valence-corrected chi connectivity index (χ3v) is 6.08. The number of fused-ring (bicyclic) bond motifs is 1. The highest BCUT2D eigenvalue weighted by Gasteiger charge is 2.28. The first-order valence-corrected chi connectivity index (χ1v) is 10.8. The molecule has 2 fully saturated rings. The van der Waals surface area contributed by atoms with Crippen molar-refractivity contribution in [2.24, 2.45) is 0 Å². The molecule has 1 aromatic heterocycles. The topological polar surface area (TPSA) is 71.7 Å². The van der Waals surface area contributed by atoms with E-state index in [9.17, 15) is 4.79 Å². The summed E-state index contributed by atoms with van der Waals surface area (Å²) < 4.78 is 5.79. The van der Waals surface area contributed by atoms with Gasteiger partial charge < -0.3 is 15.4 Å². The normalized spacial score (nSPS) is 26.0. The lowest BCUT2D eigenvalue weighted by molar-refractivity contribution is -0.133. The van der Waals surface area contributed by atoms with E-state index < -0.39 is 0 Å². The summed E-state index contributed by atoms with van der Waals surface area (Å²) in [6.45, 7) is 8.34. The smallest absolute Gasteiger partial charge is 0.223 e. The van der Waals surface area contributed by atoms with Crippen LogP contribution in [-0.4, -0.2) is 65.6 Å². The maximum atomic E-state index is 12.9. The summed E-state index contributed by atoms with van der Waals surface area (Å²) in [6.07, 6.45) is 3.05. The van der Waals surface area contributed by atoms with E-state index in [2.05, 4.69) is 18.7 Å². The number of pyridine rings is 1. The van der Waals surface area contributed by atoms with Crippen LogP contribution in [0, 0.1) is 0 Å². The lowest BCUT2D eigenvalue weighted by atomic mass is 9.92. The number of hydrogen-bond donors (Lipinski definition) is 1. The van der Waals surface area contributed by atoms with E-state index in [1.807, 2.05) is 35.2 Å². The molecule has 0 spiro atoms. The summed E-state index contributed by atoms with van der Waals surface area (Å²) >= 11 is 0. The molecule has 0 saturated carbocycles. The number of anilines is 1. The molecule has 3 atom stereocenters. The van der Waals surface area contributed by atoms with E-state index in [-0.39, 0.29) is 24.0 Å². The second kappa shape index (κ2) is 8.67. The number of aromatic nitrogens is 1. The van der Waals surface area contributed by atoms with E-state index in [1.54, 1.807) is 0 Å². The molecular weight excluding hydrogens is 364 g/mol. The number of morpholine rings is 1. The summed E-state index contributed by atoms with van der Waals surface area (Å²) in [5, 5.41) is 1.06. The van der Waals surface area contributed by atoms with Gasteiger partial charge in [0.1, 0.15) is 0 Å². The van der Waals surface area contributed by atoms with Crippen LogP contribution in [-0.2, 0) is 9.53 Å². The van der Waals surface area contributed by atoms with E-state index in [4.69, 9.17) is 15.5 Å². The van der Waals surface area contributed by atoms with Crippen molar-refractivity contribution in [3.8, 4) is 0 Å². The van der Waals surface area contributed by atoms with Crippen molar-refractivity contribution in [3.05, 3.63) is 36.0 Å². The Hall–Kier alpha value is -2.18. The fourth-order valence-electron chi connectivity index (χ4n) is 4.78. The maximum absolute atomic E-state index is 12.9. The van der Waals surface area contributed by atoms with Gasteiger partial charge in [-0.3, -0.25) is 14.7 Å². The van der Waals surface area contributed by atoms with Gasteiger partial charge in [0.25, 0.3) is 0 Å². The highest BCUT2D eigenvalue weighted by atomic mass is 16.5. The SMILES string of the molecule is C[C@@H]1CN(CCC(=O)N2CCC[C@H](c3nc4ccccc4cc3N)C2)C[C@@H](C)O1. The average Bonchev–Trinajstić information content (AvgIpc) is 2.71. The molecule has 2 aliphatic heterocycles. The summed E-state index contributed by atoms with van der Waals surface area (Å²) in [4.78, 5) is 22.1. The van der Waals surface area contributed by atoms with Crippen LogP contribution in [0.3, 0.4) is 0 Å². The lowest BCUT2D eigenvalue weighted by Gasteiger charge is -2.36. The molecule has 1 aromatic carbocycles. The average molecular weight is 397 g/mol. The highest BCUT2D eigenvalue weighted by molar-refractivity contribution is 5.82. The Bertz CT molecular complexity index is 861. The minimum atomic E-state index is 0.209. The van der Waals surface area contributed by atoms with Gasteiger partial charge in [0.2, 0.25) is 5.91 Å². The summed E-state index contributed by atoms with van der Waals surface area (Å²) in [7, 11) is 0. The molecule has 0 unspecified atom stereocenters. The molecule has 2 saturated heterocycles. The van der Waals surface area contributed by atoms with Crippen molar-refractivity contribution in [3.63, 3.8) is 0 Å². The molecule has 2 aliphatic rings. The van der Waals surface area contributed by atoms with Gasteiger partial charge in [0.05, 0.1) is 29.1 Å². The fraction of sp³-hybridized carbons (Fsp3) is 0.565. The number of carbonyl (C=O) groups is 1. The van der Waals surface area contributed by atoms with Gasteiger partial charge in [0.15, 0.2) is 0 Å². The number of hydrogen-bond acceptors (Lipinski definition) is 5. The molecular formula is C23H32N4O2. The zero-order valence-electron chi connectivity index (χ0n) is 17.5. The Kier molecular flexibility index (Phi) is 6.01. The number of likely N-dealkylation sites (tertiary alicyclic amines) is 1. The van der Waals surface area contributed by atoms with E-state index in [0.29, 0.717) is 13.0 Å². The van der Waals surface area contributed by atoms with Crippen molar-refractivity contribution in [2.75, 3.05) is 38.5 Å². The number of ether oxygens (including phenoxy) is 1. The molecule has 2 N–H and O–H groups in total. The van der Waals surface area contributed by atoms with Crippen LogP contribution < -0.4 is 5.73 Å². The molecule has 0 aliphatic carbocycles. The van der Waals surface area contributed by atoms with E-state index in [0.717, 1.165) is 61.3 Å². The minimum absolute atomic E-state index is 0.209. The minimum Gasteiger partial charge on any atom is -0.397 e. The maximum Gasteiger partial charge on any atom is 0.223 e. The Morgan fingerprint density at radius 3 is 2.76 bits per heavy atom. The van der Waals surface area contributed by atoms with Crippen LogP contribution in [0.25, 0.3) is 10.9 Å². The van der Waals surface area contributed by atoms with Gasteiger partial charge in [-0.05, 0) is 38.8 Å². The lowest BCUT2D eigenvalue weighted by Crippen LogP contribution is -2.47. The summed E-state index contributed by atoms with van der Waals surface area (Å²) in [5.41, 5.74) is 8.98. The monoisotopic (exact) mass is 396 g/mol. The van der Waals surface area contributed by atoms with Crippen molar-refractivity contribution in [1.82, 2.24) is 14.8 Å². The quantitative estimate of drug-likeness (QED) is 0.860. The zero-order chi connectivity index (χ0) is 20.4. The molecule has 2 aromatic rings. The molecule has 3 heterocycles. The Morgan fingerprint density at radius 1 is 1.21 bits per heavy atom. The van der Waals surface area contributed by atoms with Gasteiger partial charge in [-0.15, -0.1) is 0 Å². The van der Waals surface area contributed by atoms with Crippen molar-refractivity contribution in [1.29, 1.82) is 0 Å². The van der Waals surface area contributed by atoms with Gasteiger partial charge in [0, 0.05) is 50.4 Å². The number of benzene rings is 1. The second-order valence-corrected chi connectivity index (χ2v) is 8.60. The largest absolute Gasteiger partial charge is 0.397 e. The number of carbonyl (C=O) groups excluding carboxylic acids is 1. The number of nitrogens with zero attached hydrogens (tertiary/aromatic N) is 3. The highest BCUT2D eigenvalue weighted by Crippen LogP contribution is 2.31. The third kappa shape index (κ3) is 4.70. The molecule has 1 amide bonds. The third-order valence-electron chi connectivity index (χ3n) is 6.08. The fourth-order valence-corrected chi connectivity index (χ4v) is 4.78. The predicted octanol–water partition coefficient (Wildman–Crippen LogP) is 3.02. The Balaban J connectivity index is 1.39. The molecule has 0 radical (unpaired) electrons. The second-order valence-electron chi connectivity index (χ2n) is 8.60. The summed E-state index contributed by atoms with van der Waals surface area (Å²) in [6, 6.07) is 10.1. The van der Waals surface area contributed by atoms with Gasteiger partial charge in [-0.25, -0.2) is 0 Å². The van der Waals surface area contributed by atoms with Crippen LogP contribution in [0.4, 0.5) is 5.69 Å². The van der Waals surface area contributed by atoms with E-state index >= 15 is 0 Å². The first-order valence-electron chi connectivity index (χ1n) is 10.8. The summed E-state index contributed by atoms with van der Waals surface area (Å²) in [5.74, 6) is 0.446.